The molecule has 0 aliphatic carbocycles. The zero-order valence-corrected chi connectivity index (χ0v) is 9.92. The first-order valence-corrected chi connectivity index (χ1v) is 6.01. The van der Waals surface area contributed by atoms with Gasteiger partial charge in [-0.3, -0.25) is 15.1 Å². The number of hydrogen-bond donors (Lipinski definition) is 0. The fourth-order valence-electron chi connectivity index (χ4n) is 1.64. The van der Waals surface area contributed by atoms with Crippen LogP contribution in [0.3, 0.4) is 0 Å². The number of rotatable bonds is 2. The van der Waals surface area contributed by atoms with Crippen molar-refractivity contribution in [2.24, 2.45) is 0 Å². The zero-order valence-electron chi connectivity index (χ0n) is 9.11. The summed E-state index contributed by atoms with van der Waals surface area (Å²) in [5.74, 6) is 0. The largest absolute Gasteiger partial charge is 0.270 e. The molecule has 88 valence electrons. The van der Waals surface area contributed by atoms with E-state index in [2.05, 4.69) is 9.97 Å². The fraction of sp³-hybridized carbons (Fsp3) is 0. The van der Waals surface area contributed by atoms with Gasteiger partial charge in [0.2, 0.25) is 0 Å². The first-order chi connectivity index (χ1) is 8.74. The summed E-state index contributed by atoms with van der Waals surface area (Å²) >= 11 is 1.43. The third-order valence-electron chi connectivity index (χ3n) is 2.49. The highest BCUT2D eigenvalue weighted by molar-refractivity contribution is 7.21. The standard InChI is InChI=1S/C12H7N3O2S/c16-15(17)9-3-4-10-11(6-9)18-12(14-10)8-2-1-5-13-7-8/h1-7H. The lowest BCUT2D eigenvalue weighted by Gasteiger charge is -1.91. The van der Waals surface area contributed by atoms with Crippen molar-refractivity contribution >= 4 is 27.2 Å². The molecule has 0 unspecified atom stereocenters. The quantitative estimate of drug-likeness (QED) is 0.522. The van der Waals surface area contributed by atoms with Crippen LogP contribution >= 0.6 is 11.3 Å². The Hall–Kier alpha value is -2.34. The number of thiazole rings is 1. The molecule has 3 rings (SSSR count). The molecule has 0 radical (unpaired) electrons. The fourth-order valence-corrected chi connectivity index (χ4v) is 2.63. The molecule has 2 aromatic heterocycles. The summed E-state index contributed by atoms with van der Waals surface area (Å²) in [7, 11) is 0. The van der Waals surface area contributed by atoms with E-state index in [0.29, 0.717) is 0 Å². The van der Waals surface area contributed by atoms with Crippen LogP contribution in [0.4, 0.5) is 5.69 Å². The molecule has 0 bridgehead atoms. The van der Waals surface area contributed by atoms with E-state index in [1.54, 1.807) is 24.5 Å². The minimum Gasteiger partial charge on any atom is -0.264 e. The van der Waals surface area contributed by atoms with Crippen LogP contribution in [0, 0.1) is 10.1 Å². The van der Waals surface area contributed by atoms with Gasteiger partial charge in [-0.05, 0) is 18.2 Å². The number of pyridine rings is 1. The first kappa shape index (κ1) is 10.8. The van der Waals surface area contributed by atoms with Crippen molar-refractivity contribution in [1.82, 2.24) is 9.97 Å². The summed E-state index contributed by atoms with van der Waals surface area (Å²) in [6, 6.07) is 8.44. The number of nitrogens with zero attached hydrogens (tertiary/aromatic N) is 3. The number of hydrogen-bond acceptors (Lipinski definition) is 5. The van der Waals surface area contributed by atoms with Gasteiger partial charge in [0.05, 0.1) is 15.1 Å². The van der Waals surface area contributed by atoms with Gasteiger partial charge in [0.15, 0.2) is 0 Å². The van der Waals surface area contributed by atoms with Crippen molar-refractivity contribution in [3.8, 4) is 10.6 Å². The number of nitro benzene ring substituents is 1. The topological polar surface area (TPSA) is 68.9 Å². The smallest absolute Gasteiger partial charge is 0.264 e. The van der Waals surface area contributed by atoms with Gasteiger partial charge in [-0.15, -0.1) is 11.3 Å². The zero-order chi connectivity index (χ0) is 12.5. The third-order valence-corrected chi connectivity index (χ3v) is 3.56. The van der Waals surface area contributed by atoms with E-state index in [9.17, 15) is 10.1 Å². The van der Waals surface area contributed by atoms with Crippen molar-refractivity contribution in [1.29, 1.82) is 0 Å². The molecule has 0 saturated heterocycles. The molecular weight excluding hydrogens is 250 g/mol. The first-order valence-electron chi connectivity index (χ1n) is 5.19. The molecule has 0 N–H and O–H groups in total. The lowest BCUT2D eigenvalue weighted by molar-refractivity contribution is -0.384. The van der Waals surface area contributed by atoms with Crippen molar-refractivity contribution in [3.63, 3.8) is 0 Å². The van der Waals surface area contributed by atoms with Crippen molar-refractivity contribution < 1.29 is 4.92 Å². The number of fused-ring (bicyclic) bond motifs is 1. The molecule has 0 amide bonds. The summed E-state index contributed by atoms with van der Waals surface area (Å²) in [4.78, 5) is 18.8. The van der Waals surface area contributed by atoms with Gasteiger partial charge in [-0.2, -0.15) is 0 Å². The summed E-state index contributed by atoms with van der Waals surface area (Å²) in [6.45, 7) is 0. The molecule has 3 aromatic rings. The van der Waals surface area contributed by atoms with Gasteiger partial charge in [-0.1, -0.05) is 0 Å². The number of benzene rings is 1. The Morgan fingerprint density at radius 3 is 2.89 bits per heavy atom. The van der Waals surface area contributed by atoms with Crippen molar-refractivity contribution in [2.45, 2.75) is 0 Å². The summed E-state index contributed by atoms with van der Waals surface area (Å²) in [6.07, 6.45) is 3.42. The van der Waals surface area contributed by atoms with Crippen LogP contribution in [0.15, 0.2) is 42.7 Å². The Labute approximate surface area is 106 Å². The Morgan fingerprint density at radius 2 is 2.17 bits per heavy atom. The second-order valence-electron chi connectivity index (χ2n) is 3.67. The Balaban J connectivity index is 2.14. The van der Waals surface area contributed by atoms with E-state index in [0.717, 1.165) is 20.8 Å². The van der Waals surface area contributed by atoms with E-state index < -0.39 is 4.92 Å². The molecule has 5 nitrogen and oxygen atoms in total. The molecule has 18 heavy (non-hydrogen) atoms. The summed E-state index contributed by atoms with van der Waals surface area (Å²) < 4.78 is 0.808. The average molecular weight is 257 g/mol. The molecule has 0 saturated carbocycles. The predicted molar refractivity (Wildman–Crippen MR) is 69.5 cm³/mol. The van der Waals surface area contributed by atoms with E-state index >= 15 is 0 Å². The van der Waals surface area contributed by atoms with Crippen molar-refractivity contribution in [3.05, 3.63) is 52.8 Å². The Bertz CT molecular complexity index is 725. The van der Waals surface area contributed by atoms with E-state index in [4.69, 9.17) is 0 Å². The molecule has 0 aliphatic rings. The van der Waals surface area contributed by atoms with Gasteiger partial charge in [0.25, 0.3) is 5.69 Å². The van der Waals surface area contributed by atoms with Crippen LogP contribution in [-0.2, 0) is 0 Å². The van der Waals surface area contributed by atoms with Gasteiger partial charge in [-0.25, -0.2) is 4.98 Å². The molecular formula is C12H7N3O2S. The monoisotopic (exact) mass is 257 g/mol. The lowest BCUT2D eigenvalue weighted by Crippen LogP contribution is -1.85. The van der Waals surface area contributed by atoms with E-state index in [-0.39, 0.29) is 5.69 Å². The van der Waals surface area contributed by atoms with Crippen LogP contribution in [-0.4, -0.2) is 14.9 Å². The van der Waals surface area contributed by atoms with Gasteiger partial charge >= 0.3 is 0 Å². The lowest BCUT2D eigenvalue weighted by atomic mass is 10.3. The summed E-state index contributed by atoms with van der Waals surface area (Å²) in [5.41, 5.74) is 1.77. The van der Waals surface area contributed by atoms with Crippen molar-refractivity contribution in [2.75, 3.05) is 0 Å². The maximum Gasteiger partial charge on any atom is 0.270 e. The molecule has 6 heteroatoms. The molecule has 0 aliphatic heterocycles. The van der Waals surface area contributed by atoms with Gasteiger partial charge in [0, 0.05) is 30.1 Å². The van der Waals surface area contributed by atoms with Crippen LogP contribution in [0.5, 0.6) is 0 Å². The van der Waals surface area contributed by atoms with E-state index in [1.165, 1.54) is 17.4 Å². The van der Waals surface area contributed by atoms with E-state index in [1.807, 2.05) is 12.1 Å². The SMILES string of the molecule is O=[N+]([O-])c1ccc2nc(-c3cccnc3)sc2c1. The van der Waals surface area contributed by atoms with Crippen LogP contribution < -0.4 is 0 Å². The average Bonchev–Trinajstić information content (AvgIpc) is 2.82. The minimum absolute atomic E-state index is 0.0869. The maximum atomic E-state index is 10.7. The minimum atomic E-state index is -0.400. The van der Waals surface area contributed by atoms with Crippen LogP contribution in [0.2, 0.25) is 0 Å². The maximum absolute atomic E-state index is 10.7. The molecule has 0 spiro atoms. The molecule has 1 aromatic carbocycles. The molecule has 2 heterocycles. The molecule has 0 atom stereocenters. The highest BCUT2D eigenvalue weighted by atomic mass is 32.1. The molecule has 0 fully saturated rings. The predicted octanol–water partition coefficient (Wildman–Crippen LogP) is 3.27. The summed E-state index contributed by atoms with van der Waals surface area (Å²) in [5, 5.41) is 11.5. The van der Waals surface area contributed by atoms with Gasteiger partial charge in [0.1, 0.15) is 5.01 Å². The Kier molecular flexibility index (Phi) is 2.49. The highest BCUT2D eigenvalue weighted by Gasteiger charge is 2.11. The normalized spacial score (nSPS) is 10.7. The number of nitro groups is 1. The van der Waals surface area contributed by atoms with Crippen LogP contribution in [0.25, 0.3) is 20.8 Å². The van der Waals surface area contributed by atoms with Crippen LogP contribution in [0.1, 0.15) is 0 Å². The number of non-ortho nitro benzene ring substituents is 1. The number of aromatic nitrogens is 2. The second kappa shape index (κ2) is 4.15. The van der Waals surface area contributed by atoms with Gasteiger partial charge < -0.3 is 0 Å². The highest BCUT2D eigenvalue weighted by Crippen LogP contribution is 2.31. The third kappa shape index (κ3) is 1.82. The Morgan fingerprint density at radius 1 is 1.28 bits per heavy atom. The second-order valence-corrected chi connectivity index (χ2v) is 4.70.